The van der Waals surface area contributed by atoms with Crippen molar-refractivity contribution in [2.45, 2.75) is 58.9 Å². The van der Waals surface area contributed by atoms with E-state index in [2.05, 4.69) is 24.5 Å². The van der Waals surface area contributed by atoms with Gasteiger partial charge >= 0.3 is 0 Å². The van der Waals surface area contributed by atoms with Gasteiger partial charge in [-0.1, -0.05) is 26.7 Å². The highest BCUT2D eigenvalue weighted by Crippen LogP contribution is 2.31. The van der Waals surface area contributed by atoms with Crippen molar-refractivity contribution >= 4 is 16.7 Å². The van der Waals surface area contributed by atoms with Gasteiger partial charge in [-0.2, -0.15) is 0 Å². The molecule has 0 saturated heterocycles. The first-order valence-corrected chi connectivity index (χ1v) is 8.42. The maximum atomic E-state index is 5.91. The van der Waals surface area contributed by atoms with Gasteiger partial charge in [-0.25, -0.2) is 4.98 Å². The lowest BCUT2D eigenvalue weighted by Crippen LogP contribution is -2.19. The summed E-state index contributed by atoms with van der Waals surface area (Å²) in [4.78, 5) is 4.83. The number of fused-ring (bicyclic) bond motifs is 1. The van der Waals surface area contributed by atoms with Gasteiger partial charge in [0.25, 0.3) is 0 Å². The minimum absolute atomic E-state index is 0.805. The van der Waals surface area contributed by atoms with E-state index in [0.717, 1.165) is 42.4 Å². The summed E-state index contributed by atoms with van der Waals surface area (Å²) < 4.78 is 2.46. The first-order chi connectivity index (χ1) is 10.2. The minimum Gasteiger partial charge on any atom is -0.399 e. The molecule has 114 valence electrons. The molecule has 1 heterocycles. The number of nitrogens with zero attached hydrogens (tertiary/aromatic N) is 2. The van der Waals surface area contributed by atoms with Gasteiger partial charge in [-0.05, 0) is 49.3 Å². The van der Waals surface area contributed by atoms with E-state index in [9.17, 15) is 0 Å². The summed E-state index contributed by atoms with van der Waals surface area (Å²) in [6, 6.07) is 6.15. The maximum Gasteiger partial charge on any atom is 0.109 e. The summed E-state index contributed by atoms with van der Waals surface area (Å²) in [6.45, 7) is 5.74. The molecule has 0 radical (unpaired) electrons. The van der Waals surface area contributed by atoms with Gasteiger partial charge in [0.05, 0.1) is 11.0 Å². The summed E-state index contributed by atoms with van der Waals surface area (Å²) in [5, 5.41) is 0. The van der Waals surface area contributed by atoms with Crippen LogP contribution in [0.3, 0.4) is 0 Å². The van der Waals surface area contributed by atoms with Crippen molar-refractivity contribution < 1.29 is 0 Å². The zero-order chi connectivity index (χ0) is 14.8. The molecule has 0 amide bonds. The van der Waals surface area contributed by atoms with Gasteiger partial charge < -0.3 is 10.3 Å². The van der Waals surface area contributed by atoms with E-state index in [1.165, 1.54) is 37.0 Å². The normalized spacial score (nSPS) is 22.8. The molecule has 1 aliphatic carbocycles. The van der Waals surface area contributed by atoms with Crippen LogP contribution in [0, 0.1) is 11.8 Å². The number of benzene rings is 1. The number of rotatable bonds is 4. The lowest BCUT2D eigenvalue weighted by atomic mass is 9.82. The monoisotopic (exact) mass is 285 g/mol. The highest BCUT2D eigenvalue weighted by atomic mass is 15.1. The lowest BCUT2D eigenvalue weighted by molar-refractivity contribution is 0.257. The fourth-order valence-corrected chi connectivity index (χ4v) is 3.80. The van der Waals surface area contributed by atoms with Crippen LogP contribution < -0.4 is 5.73 Å². The van der Waals surface area contributed by atoms with Crippen LogP contribution in [0.1, 0.15) is 51.8 Å². The van der Waals surface area contributed by atoms with Gasteiger partial charge in [0.1, 0.15) is 5.82 Å². The summed E-state index contributed by atoms with van der Waals surface area (Å²) in [5.41, 5.74) is 9.03. The topological polar surface area (TPSA) is 43.8 Å². The Morgan fingerprint density at radius 3 is 2.95 bits per heavy atom. The molecular weight excluding hydrogens is 258 g/mol. The standard InChI is InChI=1S/C18H27N3/c1-3-5-18-20-16-11-15(19)8-9-17(16)21(18)12-14-7-4-6-13(2)10-14/h8-9,11,13-14H,3-7,10,12,19H2,1-2H3. The van der Waals surface area contributed by atoms with Gasteiger partial charge in [0.15, 0.2) is 0 Å². The molecule has 21 heavy (non-hydrogen) atoms. The van der Waals surface area contributed by atoms with Crippen LogP contribution in [0.5, 0.6) is 0 Å². The predicted octanol–water partition coefficient (Wildman–Crippen LogP) is 4.40. The van der Waals surface area contributed by atoms with Gasteiger partial charge in [-0.3, -0.25) is 0 Å². The van der Waals surface area contributed by atoms with E-state index in [4.69, 9.17) is 10.7 Å². The molecule has 2 atom stereocenters. The molecule has 3 nitrogen and oxygen atoms in total. The van der Waals surface area contributed by atoms with Crippen molar-refractivity contribution in [3.8, 4) is 0 Å². The average Bonchev–Trinajstić information content (AvgIpc) is 2.76. The highest BCUT2D eigenvalue weighted by molar-refractivity contribution is 5.79. The third-order valence-electron chi connectivity index (χ3n) is 4.81. The summed E-state index contributed by atoms with van der Waals surface area (Å²) >= 11 is 0. The number of anilines is 1. The van der Waals surface area contributed by atoms with Crippen molar-refractivity contribution in [2.75, 3.05) is 5.73 Å². The number of imidazole rings is 1. The van der Waals surface area contributed by atoms with E-state index < -0.39 is 0 Å². The van der Waals surface area contributed by atoms with Crippen molar-refractivity contribution in [3.63, 3.8) is 0 Å². The first kappa shape index (κ1) is 14.4. The smallest absolute Gasteiger partial charge is 0.109 e. The van der Waals surface area contributed by atoms with Crippen LogP contribution in [0.25, 0.3) is 11.0 Å². The first-order valence-electron chi connectivity index (χ1n) is 8.42. The second-order valence-corrected chi connectivity index (χ2v) is 6.77. The summed E-state index contributed by atoms with van der Waals surface area (Å²) in [7, 11) is 0. The van der Waals surface area contributed by atoms with Crippen molar-refractivity contribution in [2.24, 2.45) is 11.8 Å². The Morgan fingerprint density at radius 1 is 1.33 bits per heavy atom. The Hall–Kier alpha value is -1.51. The Labute approximate surface area is 127 Å². The fraction of sp³-hybridized carbons (Fsp3) is 0.611. The van der Waals surface area contributed by atoms with Crippen molar-refractivity contribution in [3.05, 3.63) is 24.0 Å². The molecule has 2 aromatic rings. The van der Waals surface area contributed by atoms with Gasteiger partial charge in [0, 0.05) is 18.7 Å². The third kappa shape index (κ3) is 3.07. The fourth-order valence-electron chi connectivity index (χ4n) is 3.80. The Balaban J connectivity index is 1.93. The number of nitrogen functional groups attached to an aromatic ring is 1. The Bertz CT molecular complexity index is 614. The molecule has 1 saturated carbocycles. The Morgan fingerprint density at radius 2 is 2.19 bits per heavy atom. The molecular formula is C18H27N3. The highest BCUT2D eigenvalue weighted by Gasteiger charge is 2.21. The van der Waals surface area contributed by atoms with Crippen LogP contribution in [0.15, 0.2) is 18.2 Å². The van der Waals surface area contributed by atoms with Crippen LogP contribution >= 0.6 is 0 Å². The second-order valence-electron chi connectivity index (χ2n) is 6.77. The van der Waals surface area contributed by atoms with Crippen LogP contribution in [0.2, 0.25) is 0 Å². The summed E-state index contributed by atoms with van der Waals surface area (Å²) in [5.74, 6) is 2.92. The van der Waals surface area contributed by atoms with Crippen LogP contribution in [-0.4, -0.2) is 9.55 Å². The van der Waals surface area contributed by atoms with Gasteiger partial charge in [-0.15, -0.1) is 0 Å². The van der Waals surface area contributed by atoms with E-state index in [1.54, 1.807) is 0 Å². The molecule has 0 spiro atoms. The third-order valence-corrected chi connectivity index (χ3v) is 4.81. The van der Waals surface area contributed by atoms with Crippen molar-refractivity contribution in [1.82, 2.24) is 9.55 Å². The molecule has 1 aliphatic rings. The molecule has 3 heteroatoms. The van der Waals surface area contributed by atoms with Crippen molar-refractivity contribution in [1.29, 1.82) is 0 Å². The molecule has 3 rings (SSSR count). The largest absolute Gasteiger partial charge is 0.399 e. The van der Waals surface area contributed by atoms with Crippen LogP contribution in [-0.2, 0) is 13.0 Å². The van der Waals surface area contributed by atoms with E-state index >= 15 is 0 Å². The second kappa shape index (κ2) is 6.08. The zero-order valence-corrected chi connectivity index (χ0v) is 13.3. The molecule has 1 fully saturated rings. The van der Waals surface area contributed by atoms with Gasteiger partial charge in [0.2, 0.25) is 0 Å². The number of hydrogen-bond acceptors (Lipinski definition) is 2. The molecule has 1 aromatic heterocycles. The number of aromatic nitrogens is 2. The SMILES string of the molecule is CCCc1nc2cc(N)ccc2n1CC1CCCC(C)C1. The van der Waals surface area contributed by atoms with E-state index in [1.807, 2.05) is 12.1 Å². The van der Waals surface area contributed by atoms with E-state index in [0.29, 0.717) is 0 Å². The number of hydrogen-bond donors (Lipinski definition) is 1. The maximum absolute atomic E-state index is 5.91. The quantitative estimate of drug-likeness (QED) is 0.846. The predicted molar refractivity (Wildman–Crippen MR) is 89.3 cm³/mol. The molecule has 2 unspecified atom stereocenters. The molecule has 1 aromatic carbocycles. The zero-order valence-electron chi connectivity index (χ0n) is 13.3. The number of aryl methyl sites for hydroxylation is 1. The molecule has 0 aliphatic heterocycles. The Kier molecular flexibility index (Phi) is 4.18. The lowest BCUT2D eigenvalue weighted by Gasteiger charge is -2.27. The summed E-state index contributed by atoms with van der Waals surface area (Å²) in [6.07, 6.45) is 7.70. The van der Waals surface area contributed by atoms with E-state index in [-0.39, 0.29) is 0 Å². The number of nitrogens with two attached hydrogens (primary N) is 1. The molecule has 0 bridgehead atoms. The van der Waals surface area contributed by atoms with Crippen LogP contribution in [0.4, 0.5) is 5.69 Å². The minimum atomic E-state index is 0.805. The average molecular weight is 285 g/mol. The molecule has 2 N–H and O–H groups in total.